The summed E-state index contributed by atoms with van der Waals surface area (Å²) in [6.45, 7) is 0. The van der Waals surface area contributed by atoms with E-state index >= 15 is 0 Å². The van der Waals surface area contributed by atoms with E-state index in [1.165, 1.54) is 12.1 Å². The molecule has 2 aromatic carbocycles. The third-order valence-electron chi connectivity index (χ3n) is 2.60. The first-order chi connectivity index (χ1) is 9.83. The number of benzene rings is 2. The van der Waals surface area contributed by atoms with Gasteiger partial charge in [-0.15, -0.1) is 0 Å². The predicted octanol–water partition coefficient (Wildman–Crippen LogP) is 2.22. The number of hydrogen-bond donors (Lipinski definition) is 2. The maximum atomic E-state index is 13.1. The first kappa shape index (κ1) is 14.7. The standard InChI is InChI=1S/C13H9F2N3O2S/c14-10-3-2-9(6-11(10)15)18-21(19,20)13-4-1-8(7-16)5-12(13)17/h1-6,18H,17H2. The third kappa shape index (κ3) is 3.09. The molecule has 108 valence electrons. The van der Waals surface area contributed by atoms with Gasteiger partial charge in [0.15, 0.2) is 11.6 Å². The van der Waals surface area contributed by atoms with Gasteiger partial charge in [-0.05, 0) is 30.3 Å². The molecule has 21 heavy (non-hydrogen) atoms. The second-order valence-electron chi connectivity index (χ2n) is 4.10. The number of nitrogens with two attached hydrogens (primary N) is 1. The molecule has 2 aromatic rings. The van der Waals surface area contributed by atoms with Crippen molar-refractivity contribution in [2.45, 2.75) is 4.90 Å². The maximum Gasteiger partial charge on any atom is 0.263 e. The van der Waals surface area contributed by atoms with Crippen LogP contribution in [-0.2, 0) is 10.0 Å². The van der Waals surface area contributed by atoms with Gasteiger partial charge in [-0.1, -0.05) is 0 Å². The highest BCUT2D eigenvalue weighted by molar-refractivity contribution is 7.92. The van der Waals surface area contributed by atoms with Gasteiger partial charge in [0.2, 0.25) is 0 Å². The molecule has 0 heterocycles. The van der Waals surface area contributed by atoms with E-state index < -0.39 is 21.7 Å². The smallest absolute Gasteiger partial charge is 0.263 e. The SMILES string of the molecule is N#Cc1ccc(S(=O)(=O)Nc2ccc(F)c(F)c2)c(N)c1. The number of sulfonamides is 1. The highest BCUT2D eigenvalue weighted by Crippen LogP contribution is 2.23. The Morgan fingerprint density at radius 2 is 1.81 bits per heavy atom. The molecule has 2 rings (SSSR count). The normalized spacial score (nSPS) is 10.9. The summed E-state index contributed by atoms with van der Waals surface area (Å²) in [6.07, 6.45) is 0. The molecule has 0 bridgehead atoms. The molecule has 0 atom stereocenters. The Hall–Kier alpha value is -2.66. The van der Waals surface area contributed by atoms with Gasteiger partial charge in [0.25, 0.3) is 10.0 Å². The van der Waals surface area contributed by atoms with Gasteiger partial charge in [-0.3, -0.25) is 4.72 Å². The van der Waals surface area contributed by atoms with Crippen LogP contribution in [0.25, 0.3) is 0 Å². The summed E-state index contributed by atoms with van der Waals surface area (Å²) in [5, 5.41) is 8.70. The fourth-order valence-electron chi connectivity index (χ4n) is 1.63. The van der Waals surface area contributed by atoms with E-state index in [1.807, 2.05) is 6.07 Å². The van der Waals surface area contributed by atoms with E-state index in [-0.39, 0.29) is 21.8 Å². The van der Waals surface area contributed by atoms with Crippen molar-refractivity contribution >= 4 is 21.4 Å². The van der Waals surface area contributed by atoms with Crippen LogP contribution in [0.1, 0.15) is 5.56 Å². The Morgan fingerprint density at radius 1 is 1.10 bits per heavy atom. The van der Waals surface area contributed by atoms with Crippen LogP contribution in [0.5, 0.6) is 0 Å². The van der Waals surface area contributed by atoms with E-state index in [1.54, 1.807) is 0 Å². The van der Waals surface area contributed by atoms with Crippen LogP contribution in [0.4, 0.5) is 20.2 Å². The fraction of sp³-hybridized carbons (Fsp3) is 0. The minimum atomic E-state index is -4.07. The minimum Gasteiger partial charge on any atom is -0.398 e. The lowest BCUT2D eigenvalue weighted by atomic mass is 10.2. The molecule has 8 heteroatoms. The van der Waals surface area contributed by atoms with Crippen LogP contribution < -0.4 is 10.5 Å². The van der Waals surface area contributed by atoms with E-state index in [0.29, 0.717) is 6.07 Å². The first-order valence-electron chi connectivity index (χ1n) is 5.61. The van der Waals surface area contributed by atoms with Crippen LogP contribution >= 0.6 is 0 Å². The van der Waals surface area contributed by atoms with Gasteiger partial charge in [0, 0.05) is 6.07 Å². The van der Waals surface area contributed by atoms with Gasteiger partial charge >= 0.3 is 0 Å². The molecule has 0 aliphatic heterocycles. The summed E-state index contributed by atoms with van der Waals surface area (Å²) >= 11 is 0. The Labute approximate surface area is 119 Å². The molecule has 0 fully saturated rings. The third-order valence-corrected chi connectivity index (χ3v) is 4.06. The lowest BCUT2D eigenvalue weighted by Gasteiger charge is -2.10. The molecule has 0 aromatic heterocycles. The Balaban J connectivity index is 2.38. The summed E-state index contributed by atoms with van der Waals surface area (Å²) in [7, 11) is -4.07. The molecule has 0 aliphatic rings. The zero-order valence-corrected chi connectivity index (χ0v) is 11.3. The minimum absolute atomic E-state index is 0.121. The average molecular weight is 309 g/mol. The lowest BCUT2D eigenvalue weighted by molar-refractivity contribution is 0.509. The summed E-state index contributed by atoms with van der Waals surface area (Å²) in [6, 6.07) is 8.08. The predicted molar refractivity (Wildman–Crippen MR) is 72.7 cm³/mol. The van der Waals surface area contributed by atoms with Crippen molar-refractivity contribution in [3.8, 4) is 6.07 Å². The summed E-state index contributed by atoms with van der Waals surface area (Å²) in [5.41, 5.74) is 5.53. The summed E-state index contributed by atoms with van der Waals surface area (Å²) in [5.74, 6) is -2.26. The van der Waals surface area contributed by atoms with Gasteiger partial charge in [-0.25, -0.2) is 17.2 Å². The number of rotatable bonds is 3. The van der Waals surface area contributed by atoms with Gasteiger partial charge in [0.1, 0.15) is 4.90 Å². The fourth-order valence-corrected chi connectivity index (χ4v) is 2.80. The summed E-state index contributed by atoms with van der Waals surface area (Å²) < 4.78 is 52.2. The molecule has 0 radical (unpaired) electrons. The van der Waals surface area contributed by atoms with Crippen LogP contribution in [0, 0.1) is 23.0 Å². The molecule has 0 spiro atoms. The van der Waals surface area contributed by atoms with Crippen LogP contribution in [0.3, 0.4) is 0 Å². The van der Waals surface area contributed by atoms with Crippen LogP contribution in [-0.4, -0.2) is 8.42 Å². The Kier molecular flexibility index (Phi) is 3.78. The number of nitriles is 1. The largest absolute Gasteiger partial charge is 0.398 e. The second kappa shape index (κ2) is 5.38. The number of nitrogens with zero attached hydrogens (tertiary/aromatic N) is 1. The lowest BCUT2D eigenvalue weighted by Crippen LogP contribution is -2.15. The molecule has 0 amide bonds. The number of anilines is 2. The van der Waals surface area contributed by atoms with Crippen LogP contribution in [0.2, 0.25) is 0 Å². The Morgan fingerprint density at radius 3 is 2.38 bits per heavy atom. The number of nitrogen functional groups attached to an aromatic ring is 1. The van der Waals surface area contributed by atoms with E-state index in [2.05, 4.69) is 4.72 Å². The van der Waals surface area contributed by atoms with Gasteiger partial charge in [-0.2, -0.15) is 5.26 Å². The van der Waals surface area contributed by atoms with Crippen molar-refractivity contribution in [3.05, 3.63) is 53.6 Å². The van der Waals surface area contributed by atoms with Crippen molar-refractivity contribution in [1.29, 1.82) is 5.26 Å². The highest BCUT2D eigenvalue weighted by atomic mass is 32.2. The molecule has 0 aliphatic carbocycles. The van der Waals surface area contributed by atoms with E-state index in [9.17, 15) is 17.2 Å². The molecule has 3 N–H and O–H groups in total. The zero-order chi connectivity index (χ0) is 15.6. The highest BCUT2D eigenvalue weighted by Gasteiger charge is 2.18. The maximum absolute atomic E-state index is 13.1. The first-order valence-corrected chi connectivity index (χ1v) is 7.09. The van der Waals surface area contributed by atoms with Gasteiger partial charge in [0.05, 0.1) is 23.0 Å². The van der Waals surface area contributed by atoms with Gasteiger partial charge < -0.3 is 5.73 Å². The van der Waals surface area contributed by atoms with Crippen molar-refractivity contribution in [2.75, 3.05) is 10.5 Å². The van der Waals surface area contributed by atoms with Crippen molar-refractivity contribution < 1.29 is 17.2 Å². The number of halogens is 2. The van der Waals surface area contributed by atoms with Crippen molar-refractivity contribution in [1.82, 2.24) is 0 Å². The average Bonchev–Trinajstić information content (AvgIpc) is 2.42. The molecular weight excluding hydrogens is 300 g/mol. The monoisotopic (exact) mass is 309 g/mol. The van der Waals surface area contributed by atoms with E-state index in [0.717, 1.165) is 18.2 Å². The quantitative estimate of drug-likeness (QED) is 0.850. The molecular formula is C13H9F2N3O2S. The number of hydrogen-bond acceptors (Lipinski definition) is 4. The molecule has 0 saturated heterocycles. The van der Waals surface area contributed by atoms with Crippen molar-refractivity contribution in [2.24, 2.45) is 0 Å². The van der Waals surface area contributed by atoms with Crippen LogP contribution in [0.15, 0.2) is 41.3 Å². The molecule has 0 unspecified atom stereocenters. The molecule has 5 nitrogen and oxygen atoms in total. The zero-order valence-electron chi connectivity index (χ0n) is 10.5. The second-order valence-corrected chi connectivity index (χ2v) is 5.75. The number of nitrogens with one attached hydrogen (secondary N) is 1. The van der Waals surface area contributed by atoms with E-state index in [4.69, 9.17) is 11.0 Å². The molecule has 0 saturated carbocycles. The topological polar surface area (TPSA) is 96.0 Å². The summed E-state index contributed by atoms with van der Waals surface area (Å²) in [4.78, 5) is -0.258. The van der Waals surface area contributed by atoms with Crippen molar-refractivity contribution in [3.63, 3.8) is 0 Å². The Bertz CT molecular complexity index is 845.